The molecular weight excluding hydrogens is 310 g/mol. The van der Waals surface area contributed by atoms with Gasteiger partial charge >= 0.3 is 0 Å². The summed E-state index contributed by atoms with van der Waals surface area (Å²) in [6.45, 7) is 7.74. The van der Waals surface area contributed by atoms with Crippen LogP contribution in [0.1, 0.15) is 39.0 Å². The molecule has 5 nitrogen and oxygen atoms in total. The van der Waals surface area contributed by atoms with Crippen LogP contribution in [0, 0.1) is 5.92 Å². The second kappa shape index (κ2) is 10.2. The maximum absolute atomic E-state index is 12.2. The highest BCUT2D eigenvalue weighted by Crippen LogP contribution is 2.18. The Morgan fingerprint density at radius 3 is 2.09 bits per heavy atom. The van der Waals surface area contributed by atoms with Gasteiger partial charge in [-0.15, -0.1) is 11.8 Å². The van der Waals surface area contributed by atoms with Crippen LogP contribution in [0.15, 0.2) is 0 Å². The molecule has 6 heteroatoms. The zero-order chi connectivity index (χ0) is 16.5. The maximum Gasteiger partial charge on any atom is 0.232 e. The number of hydrogen-bond acceptors (Lipinski definition) is 4. The summed E-state index contributed by atoms with van der Waals surface area (Å²) in [7, 11) is 0. The number of carbonyl (C=O) groups excluding carboxylic acids is 2. The number of nitrogens with one attached hydrogen (secondary N) is 1. The Morgan fingerprint density at radius 2 is 1.52 bits per heavy atom. The van der Waals surface area contributed by atoms with Gasteiger partial charge in [0.05, 0.1) is 11.5 Å². The summed E-state index contributed by atoms with van der Waals surface area (Å²) in [5.74, 6) is 1.99. The van der Waals surface area contributed by atoms with Gasteiger partial charge in [-0.05, 0) is 51.1 Å². The van der Waals surface area contributed by atoms with Crippen LogP contribution in [0.3, 0.4) is 0 Å². The number of hydrogen-bond donors (Lipinski definition) is 1. The molecule has 0 aromatic rings. The molecule has 0 saturated carbocycles. The van der Waals surface area contributed by atoms with E-state index in [-0.39, 0.29) is 11.8 Å². The molecule has 0 aliphatic carbocycles. The minimum absolute atomic E-state index is 0.198. The van der Waals surface area contributed by atoms with E-state index in [1.54, 1.807) is 0 Å². The topological polar surface area (TPSA) is 52.7 Å². The minimum atomic E-state index is 0.198. The molecule has 2 heterocycles. The molecule has 0 radical (unpaired) electrons. The van der Waals surface area contributed by atoms with Gasteiger partial charge in [0.25, 0.3) is 0 Å². The summed E-state index contributed by atoms with van der Waals surface area (Å²) in [5.41, 5.74) is 0. The van der Waals surface area contributed by atoms with E-state index in [0.29, 0.717) is 17.4 Å². The van der Waals surface area contributed by atoms with Crippen LogP contribution in [-0.2, 0) is 9.59 Å². The Morgan fingerprint density at radius 1 is 0.957 bits per heavy atom. The van der Waals surface area contributed by atoms with E-state index in [1.165, 1.54) is 18.2 Å². The van der Waals surface area contributed by atoms with E-state index in [0.717, 1.165) is 65.0 Å². The summed E-state index contributed by atoms with van der Waals surface area (Å²) in [6, 6.07) is 0. The second-order valence-corrected chi connectivity index (χ2v) is 7.55. The van der Waals surface area contributed by atoms with Crippen molar-refractivity contribution in [2.45, 2.75) is 39.0 Å². The summed E-state index contributed by atoms with van der Waals surface area (Å²) in [4.78, 5) is 28.2. The van der Waals surface area contributed by atoms with Crippen LogP contribution < -0.4 is 5.32 Å². The first-order chi connectivity index (χ1) is 11.2. The molecular formula is C17H31N3O2S. The van der Waals surface area contributed by atoms with Crippen LogP contribution >= 0.6 is 11.8 Å². The first-order valence-electron chi connectivity index (χ1n) is 9.04. The van der Waals surface area contributed by atoms with Crippen molar-refractivity contribution >= 4 is 23.6 Å². The number of nitrogens with zero attached hydrogens (tertiary/aromatic N) is 2. The van der Waals surface area contributed by atoms with Crippen LogP contribution in [0.5, 0.6) is 0 Å². The number of thioether (sulfide) groups is 1. The Balaban J connectivity index is 1.59. The summed E-state index contributed by atoms with van der Waals surface area (Å²) < 4.78 is 0. The van der Waals surface area contributed by atoms with Crippen molar-refractivity contribution < 1.29 is 9.59 Å². The molecule has 1 N–H and O–H groups in total. The third kappa shape index (κ3) is 6.34. The molecule has 0 spiro atoms. The Hall–Kier alpha value is -0.750. The Labute approximate surface area is 144 Å². The zero-order valence-electron chi connectivity index (χ0n) is 14.4. The van der Waals surface area contributed by atoms with Gasteiger partial charge in [0.2, 0.25) is 11.8 Å². The molecule has 23 heavy (non-hydrogen) atoms. The van der Waals surface area contributed by atoms with Crippen molar-refractivity contribution in [3.05, 3.63) is 0 Å². The normalized spacial score (nSPS) is 19.9. The largest absolute Gasteiger partial charge is 0.342 e. The monoisotopic (exact) mass is 341 g/mol. The van der Waals surface area contributed by atoms with Gasteiger partial charge in [-0.3, -0.25) is 9.59 Å². The van der Waals surface area contributed by atoms with Gasteiger partial charge < -0.3 is 15.1 Å². The molecule has 0 aromatic heterocycles. The fraction of sp³-hybridized carbons (Fsp3) is 0.882. The van der Waals surface area contributed by atoms with Crippen LogP contribution in [0.2, 0.25) is 0 Å². The third-order valence-corrected chi connectivity index (χ3v) is 5.71. The highest BCUT2D eigenvalue weighted by atomic mass is 32.2. The van der Waals surface area contributed by atoms with E-state index in [1.807, 2.05) is 9.80 Å². The van der Waals surface area contributed by atoms with E-state index in [2.05, 4.69) is 12.2 Å². The quantitative estimate of drug-likeness (QED) is 0.764. The fourth-order valence-electron chi connectivity index (χ4n) is 3.29. The molecule has 2 rings (SSSR count). The van der Waals surface area contributed by atoms with Gasteiger partial charge in [-0.1, -0.05) is 6.92 Å². The van der Waals surface area contributed by atoms with Crippen molar-refractivity contribution in [2.75, 3.05) is 50.8 Å². The summed E-state index contributed by atoms with van der Waals surface area (Å²) in [5, 5.41) is 3.39. The lowest BCUT2D eigenvalue weighted by molar-refractivity contribution is -0.129. The summed E-state index contributed by atoms with van der Waals surface area (Å²) >= 11 is 1.48. The van der Waals surface area contributed by atoms with E-state index in [9.17, 15) is 9.59 Å². The lowest BCUT2D eigenvalue weighted by atomic mass is 9.97. The highest BCUT2D eigenvalue weighted by molar-refractivity contribution is 8.00. The van der Waals surface area contributed by atoms with Crippen molar-refractivity contribution in [2.24, 2.45) is 5.92 Å². The predicted octanol–water partition coefficient (Wildman–Crippen LogP) is 1.58. The maximum atomic E-state index is 12.2. The Bertz CT molecular complexity index is 378. The SMILES string of the molecule is CCNCC1CCN(C(=O)CSCC(=O)N2CCCCC2)CC1. The number of rotatable bonds is 7. The van der Waals surface area contributed by atoms with Gasteiger partial charge in [0, 0.05) is 26.2 Å². The van der Waals surface area contributed by atoms with Crippen molar-refractivity contribution in [1.29, 1.82) is 0 Å². The van der Waals surface area contributed by atoms with E-state index >= 15 is 0 Å². The van der Waals surface area contributed by atoms with Gasteiger partial charge in [0.1, 0.15) is 0 Å². The minimum Gasteiger partial charge on any atom is -0.342 e. The Kier molecular flexibility index (Phi) is 8.23. The van der Waals surface area contributed by atoms with Crippen LogP contribution in [-0.4, -0.2) is 72.4 Å². The molecule has 132 valence electrons. The number of likely N-dealkylation sites (tertiary alicyclic amines) is 2. The van der Waals surface area contributed by atoms with E-state index in [4.69, 9.17) is 0 Å². The highest BCUT2D eigenvalue weighted by Gasteiger charge is 2.23. The van der Waals surface area contributed by atoms with Crippen LogP contribution in [0.4, 0.5) is 0 Å². The smallest absolute Gasteiger partial charge is 0.232 e. The predicted molar refractivity (Wildman–Crippen MR) is 95.6 cm³/mol. The molecule has 0 aromatic carbocycles. The average molecular weight is 342 g/mol. The molecule has 2 aliphatic heterocycles. The van der Waals surface area contributed by atoms with Crippen molar-refractivity contribution in [1.82, 2.24) is 15.1 Å². The fourth-order valence-corrected chi connectivity index (χ4v) is 4.10. The van der Waals surface area contributed by atoms with Crippen molar-refractivity contribution in [3.8, 4) is 0 Å². The number of carbonyl (C=O) groups is 2. The van der Waals surface area contributed by atoms with Gasteiger partial charge in [-0.2, -0.15) is 0 Å². The molecule has 2 saturated heterocycles. The number of piperidine rings is 2. The molecule has 0 bridgehead atoms. The van der Waals surface area contributed by atoms with Gasteiger partial charge in [-0.25, -0.2) is 0 Å². The van der Waals surface area contributed by atoms with Crippen molar-refractivity contribution in [3.63, 3.8) is 0 Å². The molecule has 2 fully saturated rings. The molecule has 0 unspecified atom stereocenters. The second-order valence-electron chi connectivity index (χ2n) is 6.57. The van der Waals surface area contributed by atoms with Gasteiger partial charge in [0.15, 0.2) is 0 Å². The first-order valence-corrected chi connectivity index (χ1v) is 10.2. The zero-order valence-corrected chi connectivity index (χ0v) is 15.2. The lowest BCUT2D eigenvalue weighted by Crippen LogP contribution is -2.42. The first kappa shape index (κ1) is 18.6. The number of amides is 2. The van der Waals surface area contributed by atoms with E-state index < -0.39 is 0 Å². The standard InChI is InChI=1S/C17H31N3O2S/c1-2-18-12-15-6-10-20(11-7-15)17(22)14-23-13-16(21)19-8-4-3-5-9-19/h15,18H,2-14H2,1H3. The third-order valence-electron chi connectivity index (χ3n) is 4.81. The molecule has 2 amide bonds. The molecule has 0 atom stereocenters. The molecule has 2 aliphatic rings. The summed E-state index contributed by atoms with van der Waals surface area (Å²) in [6.07, 6.45) is 5.67. The average Bonchev–Trinajstić information content (AvgIpc) is 2.61. The van der Waals surface area contributed by atoms with Crippen LogP contribution in [0.25, 0.3) is 0 Å². The lowest BCUT2D eigenvalue weighted by Gasteiger charge is -2.32.